The Balaban J connectivity index is 2.59. The van der Waals surface area contributed by atoms with Gasteiger partial charge in [0, 0.05) is 19.1 Å². The summed E-state index contributed by atoms with van der Waals surface area (Å²) in [6.07, 6.45) is 1.37. The molecule has 0 aliphatic carbocycles. The predicted molar refractivity (Wildman–Crippen MR) is 75.3 cm³/mol. The molecule has 1 amide bonds. The number of rotatable bonds is 5. The molecule has 1 aliphatic heterocycles. The third-order valence-corrected chi connectivity index (χ3v) is 3.57. The normalized spacial score (nSPS) is 22.8. The lowest BCUT2D eigenvalue weighted by atomic mass is 9.94. The van der Waals surface area contributed by atoms with Crippen LogP contribution >= 0.6 is 0 Å². The van der Waals surface area contributed by atoms with Crippen LogP contribution in [0.15, 0.2) is 0 Å². The number of piperidine rings is 1. The summed E-state index contributed by atoms with van der Waals surface area (Å²) in [4.78, 5) is 25.0. The lowest BCUT2D eigenvalue weighted by molar-refractivity contribution is -0.147. The monoisotopic (exact) mass is 286 g/mol. The molecular formula is C14H26N2O4. The van der Waals surface area contributed by atoms with Crippen LogP contribution in [0, 0.1) is 11.8 Å². The molecule has 0 saturated carbocycles. The molecule has 0 aromatic rings. The summed E-state index contributed by atoms with van der Waals surface area (Å²) >= 11 is 0. The van der Waals surface area contributed by atoms with Gasteiger partial charge in [0.1, 0.15) is 0 Å². The summed E-state index contributed by atoms with van der Waals surface area (Å²) in [7, 11) is 2.73. The zero-order valence-corrected chi connectivity index (χ0v) is 12.8. The van der Waals surface area contributed by atoms with Crippen LogP contribution in [0.2, 0.25) is 0 Å². The number of ether oxygens (including phenoxy) is 2. The van der Waals surface area contributed by atoms with Crippen LogP contribution in [-0.2, 0) is 14.3 Å². The van der Waals surface area contributed by atoms with Gasteiger partial charge in [-0.25, -0.2) is 4.79 Å². The highest BCUT2D eigenvalue weighted by Crippen LogP contribution is 2.19. The minimum absolute atomic E-state index is 0.102. The van der Waals surface area contributed by atoms with Crippen LogP contribution in [0.5, 0.6) is 0 Å². The highest BCUT2D eigenvalue weighted by molar-refractivity contribution is 5.74. The number of methoxy groups -OCH3 is 2. The maximum atomic E-state index is 11.7. The Morgan fingerprint density at radius 2 is 1.95 bits per heavy atom. The first-order chi connectivity index (χ1) is 9.47. The van der Waals surface area contributed by atoms with E-state index in [1.54, 1.807) is 4.90 Å². The van der Waals surface area contributed by atoms with Crippen molar-refractivity contribution in [2.45, 2.75) is 32.7 Å². The summed E-state index contributed by atoms with van der Waals surface area (Å²) in [6.45, 7) is 6.15. The first-order valence-electron chi connectivity index (χ1n) is 7.12. The molecule has 1 saturated heterocycles. The third-order valence-electron chi connectivity index (χ3n) is 3.57. The molecule has 2 unspecified atom stereocenters. The summed E-state index contributed by atoms with van der Waals surface area (Å²) in [5.74, 6) is 0.0675. The minimum Gasteiger partial charge on any atom is -0.469 e. The smallest absolute Gasteiger partial charge is 0.409 e. The van der Waals surface area contributed by atoms with E-state index in [1.807, 2.05) is 0 Å². The van der Waals surface area contributed by atoms with Gasteiger partial charge < -0.3 is 19.7 Å². The van der Waals surface area contributed by atoms with Crippen molar-refractivity contribution in [3.63, 3.8) is 0 Å². The fourth-order valence-corrected chi connectivity index (χ4v) is 2.44. The Hall–Kier alpha value is -1.30. The van der Waals surface area contributed by atoms with Crippen molar-refractivity contribution in [2.75, 3.05) is 33.9 Å². The number of carbonyl (C=O) groups excluding carboxylic acids is 2. The molecule has 0 aromatic carbocycles. The van der Waals surface area contributed by atoms with Crippen molar-refractivity contribution in [1.82, 2.24) is 10.2 Å². The van der Waals surface area contributed by atoms with Gasteiger partial charge in [-0.2, -0.15) is 0 Å². The highest BCUT2D eigenvalue weighted by Gasteiger charge is 2.34. The molecule has 20 heavy (non-hydrogen) atoms. The van der Waals surface area contributed by atoms with Crippen molar-refractivity contribution < 1.29 is 19.1 Å². The van der Waals surface area contributed by atoms with Gasteiger partial charge in [0.25, 0.3) is 0 Å². The van der Waals surface area contributed by atoms with Crippen molar-refractivity contribution in [2.24, 2.45) is 11.8 Å². The second kappa shape index (κ2) is 8.09. The maximum Gasteiger partial charge on any atom is 0.409 e. The Bertz CT molecular complexity index is 309. The van der Waals surface area contributed by atoms with Gasteiger partial charge in [0.05, 0.1) is 20.1 Å². The zero-order valence-electron chi connectivity index (χ0n) is 12.8. The third kappa shape index (κ3) is 5.00. The summed E-state index contributed by atoms with van der Waals surface area (Å²) in [6, 6.07) is 0.102. The molecule has 1 heterocycles. The first kappa shape index (κ1) is 16.8. The number of nitrogens with one attached hydrogen (secondary N) is 1. The molecule has 0 radical (unpaired) electrons. The highest BCUT2D eigenvalue weighted by atomic mass is 16.5. The Morgan fingerprint density at radius 1 is 1.25 bits per heavy atom. The maximum absolute atomic E-state index is 11.7. The SMILES string of the molecule is COC(=O)C1CC(NCCC(C)C)CN(C(=O)OC)C1. The fourth-order valence-electron chi connectivity index (χ4n) is 2.44. The number of esters is 1. The lowest BCUT2D eigenvalue weighted by Gasteiger charge is -2.36. The summed E-state index contributed by atoms with van der Waals surface area (Å²) < 4.78 is 9.55. The molecule has 0 aromatic heterocycles. The van der Waals surface area contributed by atoms with Crippen LogP contribution in [0.1, 0.15) is 26.7 Å². The molecule has 0 bridgehead atoms. The number of amides is 1. The summed E-state index contributed by atoms with van der Waals surface area (Å²) in [5, 5.41) is 3.41. The van der Waals surface area contributed by atoms with Crippen LogP contribution in [-0.4, -0.2) is 56.9 Å². The van der Waals surface area contributed by atoms with Crippen LogP contribution < -0.4 is 5.32 Å². The van der Waals surface area contributed by atoms with E-state index in [2.05, 4.69) is 19.2 Å². The minimum atomic E-state index is -0.394. The van der Waals surface area contributed by atoms with E-state index in [4.69, 9.17) is 9.47 Å². The predicted octanol–water partition coefficient (Wildman–Crippen LogP) is 1.25. The van der Waals surface area contributed by atoms with Gasteiger partial charge >= 0.3 is 12.1 Å². The molecule has 116 valence electrons. The molecule has 6 nitrogen and oxygen atoms in total. The fraction of sp³-hybridized carbons (Fsp3) is 0.857. The Morgan fingerprint density at radius 3 is 2.50 bits per heavy atom. The van der Waals surface area contributed by atoms with Gasteiger partial charge in [-0.05, 0) is 25.3 Å². The van der Waals surface area contributed by atoms with Gasteiger partial charge in [0.2, 0.25) is 0 Å². The van der Waals surface area contributed by atoms with E-state index in [0.29, 0.717) is 25.4 Å². The molecule has 0 spiro atoms. The molecule has 2 atom stereocenters. The molecule has 1 fully saturated rings. The van der Waals surface area contributed by atoms with Crippen LogP contribution in [0.25, 0.3) is 0 Å². The van der Waals surface area contributed by atoms with Crippen molar-refractivity contribution in [3.05, 3.63) is 0 Å². The van der Waals surface area contributed by atoms with E-state index >= 15 is 0 Å². The number of hydrogen-bond donors (Lipinski definition) is 1. The van der Waals surface area contributed by atoms with Gasteiger partial charge in [-0.1, -0.05) is 13.8 Å². The van der Waals surface area contributed by atoms with E-state index in [0.717, 1.165) is 13.0 Å². The van der Waals surface area contributed by atoms with Crippen molar-refractivity contribution >= 4 is 12.1 Å². The standard InChI is InChI=1S/C14H26N2O4/c1-10(2)5-6-15-12-7-11(13(17)19-3)8-16(9-12)14(18)20-4/h10-12,15H,5-9H2,1-4H3. The number of likely N-dealkylation sites (tertiary alicyclic amines) is 1. The largest absolute Gasteiger partial charge is 0.469 e. The van der Waals surface area contributed by atoms with Crippen LogP contribution in [0.3, 0.4) is 0 Å². The van der Waals surface area contributed by atoms with Gasteiger partial charge in [-0.3, -0.25) is 4.79 Å². The van der Waals surface area contributed by atoms with Gasteiger partial charge in [0.15, 0.2) is 0 Å². The van der Waals surface area contributed by atoms with E-state index in [1.165, 1.54) is 14.2 Å². The van der Waals surface area contributed by atoms with E-state index in [9.17, 15) is 9.59 Å². The molecule has 1 N–H and O–H groups in total. The zero-order chi connectivity index (χ0) is 15.1. The number of carbonyl (C=O) groups is 2. The van der Waals surface area contributed by atoms with Crippen molar-refractivity contribution in [3.8, 4) is 0 Å². The first-order valence-corrected chi connectivity index (χ1v) is 7.12. The van der Waals surface area contributed by atoms with Crippen LogP contribution in [0.4, 0.5) is 4.79 Å². The molecule has 6 heteroatoms. The van der Waals surface area contributed by atoms with E-state index in [-0.39, 0.29) is 17.9 Å². The quantitative estimate of drug-likeness (QED) is 0.770. The Kier molecular flexibility index (Phi) is 6.78. The number of nitrogens with zero attached hydrogens (tertiary/aromatic N) is 1. The Labute approximate surface area is 120 Å². The second-order valence-corrected chi connectivity index (χ2v) is 5.66. The number of hydrogen-bond acceptors (Lipinski definition) is 5. The van der Waals surface area contributed by atoms with Gasteiger partial charge in [-0.15, -0.1) is 0 Å². The second-order valence-electron chi connectivity index (χ2n) is 5.66. The average Bonchev–Trinajstić information content (AvgIpc) is 2.44. The average molecular weight is 286 g/mol. The molecular weight excluding hydrogens is 260 g/mol. The van der Waals surface area contributed by atoms with E-state index < -0.39 is 6.09 Å². The van der Waals surface area contributed by atoms with Crippen molar-refractivity contribution in [1.29, 1.82) is 0 Å². The molecule has 1 aliphatic rings. The topological polar surface area (TPSA) is 67.9 Å². The summed E-state index contributed by atoms with van der Waals surface area (Å²) in [5.41, 5.74) is 0. The molecule has 1 rings (SSSR count). The lowest BCUT2D eigenvalue weighted by Crippen LogP contribution is -2.53.